The molecule has 0 saturated carbocycles. The van der Waals surface area contributed by atoms with Gasteiger partial charge in [0.2, 0.25) is 5.91 Å². The first kappa shape index (κ1) is 26.0. The number of ether oxygens (including phenoxy) is 1. The lowest BCUT2D eigenvalue weighted by molar-refractivity contribution is 0.0527. The fourth-order valence-corrected chi connectivity index (χ4v) is 2.09. The minimum Gasteiger partial charge on any atom is -0.444 e. The molecular weight excluding hydrogens is 473 g/mol. The summed E-state index contributed by atoms with van der Waals surface area (Å²) in [5.41, 5.74) is 6.19. The van der Waals surface area contributed by atoms with E-state index in [2.05, 4.69) is 20.9 Å². The Kier molecular flexibility index (Phi) is 12.2. The summed E-state index contributed by atoms with van der Waals surface area (Å²) in [6.07, 6.45) is 0.319. The van der Waals surface area contributed by atoms with Gasteiger partial charge in [-0.3, -0.25) is 4.79 Å². The highest BCUT2D eigenvalue weighted by Gasteiger charge is 2.15. The van der Waals surface area contributed by atoms with Crippen molar-refractivity contribution in [3.63, 3.8) is 0 Å². The van der Waals surface area contributed by atoms with Gasteiger partial charge in [-0.1, -0.05) is 12.1 Å². The normalized spacial score (nSPS) is 11.2. The molecule has 0 aliphatic heterocycles. The average Bonchev–Trinajstić information content (AvgIpc) is 2.58. The van der Waals surface area contributed by atoms with Crippen molar-refractivity contribution >= 4 is 41.9 Å². The lowest BCUT2D eigenvalue weighted by atomic mass is 10.1. The number of carbonyl (C=O) groups is 2. The third-order valence-electron chi connectivity index (χ3n) is 3.32. The van der Waals surface area contributed by atoms with Gasteiger partial charge in [0.1, 0.15) is 5.60 Å². The smallest absolute Gasteiger partial charge is 0.407 e. The second kappa shape index (κ2) is 13.2. The summed E-state index contributed by atoms with van der Waals surface area (Å²) in [6, 6.07) is 7.04. The number of benzene rings is 1. The lowest BCUT2D eigenvalue weighted by Crippen LogP contribution is -2.39. The number of hydrogen-bond donors (Lipinski definition) is 4. The van der Waals surface area contributed by atoms with E-state index in [1.165, 1.54) is 0 Å². The van der Waals surface area contributed by atoms with E-state index in [0.29, 0.717) is 31.2 Å². The zero-order valence-corrected chi connectivity index (χ0v) is 19.3. The molecule has 0 heterocycles. The Labute approximate surface area is 184 Å². The summed E-state index contributed by atoms with van der Waals surface area (Å²) in [4.78, 5) is 27.2. The maximum Gasteiger partial charge on any atom is 0.407 e. The molecule has 1 aromatic rings. The van der Waals surface area contributed by atoms with Crippen LogP contribution in [-0.2, 0) is 11.3 Å². The molecule has 0 unspecified atom stereocenters. The van der Waals surface area contributed by atoms with Crippen molar-refractivity contribution in [1.82, 2.24) is 16.0 Å². The van der Waals surface area contributed by atoms with E-state index in [4.69, 9.17) is 10.5 Å². The summed E-state index contributed by atoms with van der Waals surface area (Å²) in [5.74, 6) is 0.244. The molecule has 0 radical (unpaired) electrons. The largest absolute Gasteiger partial charge is 0.444 e. The second-order valence-corrected chi connectivity index (χ2v) is 6.97. The van der Waals surface area contributed by atoms with Crippen molar-refractivity contribution in [3.05, 3.63) is 35.4 Å². The molecular formula is C19H32IN5O3. The fraction of sp³-hybridized carbons (Fsp3) is 0.526. The Hall–Kier alpha value is -2.04. The summed E-state index contributed by atoms with van der Waals surface area (Å²) >= 11 is 0. The van der Waals surface area contributed by atoms with Gasteiger partial charge in [0.15, 0.2) is 5.96 Å². The number of halogens is 1. The number of hydrogen-bond acceptors (Lipinski definition) is 4. The number of nitrogens with zero attached hydrogens (tertiary/aromatic N) is 1. The Bertz CT molecular complexity index is 642. The summed E-state index contributed by atoms with van der Waals surface area (Å²) < 4.78 is 5.18. The maximum atomic E-state index is 11.6. The van der Waals surface area contributed by atoms with Crippen molar-refractivity contribution in [2.75, 3.05) is 19.6 Å². The van der Waals surface area contributed by atoms with Gasteiger partial charge in [-0.05, 0) is 51.8 Å². The SMILES string of the molecule is CCNC(=NCc1ccc(C(N)=O)cc1)NCCCNC(=O)OC(C)(C)C.I. The van der Waals surface area contributed by atoms with Crippen LogP contribution in [0.2, 0.25) is 0 Å². The van der Waals surface area contributed by atoms with Crippen molar-refractivity contribution < 1.29 is 14.3 Å². The number of alkyl carbamates (subject to hydrolysis) is 1. The molecule has 0 bridgehead atoms. The predicted octanol–water partition coefficient (Wildman–Crippen LogP) is 2.37. The Morgan fingerprint density at radius 3 is 2.21 bits per heavy atom. The molecule has 1 aromatic carbocycles. The molecule has 0 aliphatic rings. The standard InChI is InChI=1S/C19H31N5O3.HI/c1-5-21-17(22-11-6-12-23-18(26)27-19(2,3)4)24-13-14-7-9-15(10-8-14)16(20)25;/h7-10H,5-6,11-13H2,1-4H3,(H2,20,25)(H,23,26)(H2,21,22,24);1H. The van der Waals surface area contributed by atoms with Crippen LogP contribution in [0.15, 0.2) is 29.3 Å². The first-order chi connectivity index (χ1) is 12.7. The van der Waals surface area contributed by atoms with Gasteiger partial charge < -0.3 is 26.4 Å². The number of carbonyl (C=O) groups excluding carboxylic acids is 2. The first-order valence-corrected chi connectivity index (χ1v) is 9.09. The van der Waals surface area contributed by atoms with E-state index >= 15 is 0 Å². The van der Waals surface area contributed by atoms with Crippen LogP contribution in [0.3, 0.4) is 0 Å². The van der Waals surface area contributed by atoms with E-state index in [9.17, 15) is 9.59 Å². The minimum absolute atomic E-state index is 0. The molecule has 0 aromatic heterocycles. The van der Waals surface area contributed by atoms with Gasteiger partial charge in [0.25, 0.3) is 0 Å². The number of aliphatic imine (C=N–C) groups is 1. The monoisotopic (exact) mass is 505 g/mol. The van der Waals surface area contributed by atoms with E-state index in [-0.39, 0.29) is 24.0 Å². The van der Waals surface area contributed by atoms with E-state index < -0.39 is 17.6 Å². The third kappa shape index (κ3) is 11.6. The summed E-state index contributed by atoms with van der Waals surface area (Å²) in [6.45, 7) is 9.85. The third-order valence-corrected chi connectivity index (χ3v) is 3.32. The Morgan fingerprint density at radius 2 is 1.68 bits per heavy atom. The molecule has 5 N–H and O–H groups in total. The zero-order chi connectivity index (χ0) is 20.3. The van der Waals surface area contributed by atoms with Crippen molar-refractivity contribution in [2.45, 2.75) is 46.3 Å². The molecule has 0 saturated heterocycles. The van der Waals surface area contributed by atoms with Gasteiger partial charge in [-0.15, -0.1) is 24.0 Å². The molecule has 158 valence electrons. The quantitative estimate of drug-likeness (QED) is 0.187. The number of guanidine groups is 1. The van der Waals surface area contributed by atoms with Crippen LogP contribution >= 0.6 is 24.0 Å². The van der Waals surface area contributed by atoms with Crippen LogP contribution in [-0.4, -0.2) is 43.2 Å². The van der Waals surface area contributed by atoms with Gasteiger partial charge in [-0.25, -0.2) is 9.79 Å². The van der Waals surface area contributed by atoms with Gasteiger partial charge in [0.05, 0.1) is 6.54 Å². The number of rotatable bonds is 8. The number of nitrogens with one attached hydrogen (secondary N) is 3. The van der Waals surface area contributed by atoms with Crippen LogP contribution in [0.4, 0.5) is 4.79 Å². The van der Waals surface area contributed by atoms with Gasteiger partial charge in [-0.2, -0.15) is 0 Å². The molecule has 0 fully saturated rings. The highest BCUT2D eigenvalue weighted by atomic mass is 127. The van der Waals surface area contributed by atoms with E-state index in [1.54, 1.807) is 12.1 Å². The highest BCUT2D eigenvalue weighted by Crippen LogP contribution is 2.06. The molecule has 8 nitrogen and oxygen atoms in total. The molecule has 1 rings (SSSR count). The first-order valence-electron chi connectivity index (χ1n) is 9.09. The lowest BCUT2D eigenvalue weighted by Gasteiger charge is -2.19. The topological polar surface area (TPSA) is 118 Å². The van der Waals surface area contributed by atoms with Crippen LogP contribution in [0.25, 0.3) is 0 Å². The van der Waals surface area contributed by atoms with Crippen LogP contribution < -0.4 is 21.7 Å². The second-order valence-electron chi connectivity index (χ2n) is 6.97. The van der Waals surface area contributed by atoms with Gasteiger partial charge in [0, 0.05) is 25.2 Å². The van der Waals surface area contributed by atoms with Crippen molar-refractivity contribution in [1.29, 1.82) is 0 Å². The fourth-order valence-electron chi connectivity index (χ4n) is 2.09. The molecule has 0 spiro atoms. The summed E-state index contributed by atoms with van der Waals surface area (Å²) in [5, 5.41) is 9.10. The van der Waals surface area contributed by atoms with Crippen LogP contribution in [0.1, 0.15) is 50.0 Å². The van der Waals surface area contributed by atoms with E-state index in [1.807, 2.05) is 39.8 Å². The van der Waals surface area contributed by atoms with E-state index in [0.717, 1.165) is 18.5 Å². The Balaban J connectivity index is 0.00000729. The summed E-state index contributed by atoms with van der Waals surface area (Å²) in [7, 11) is 0. The molecule has 28 heavy (non-hydrogen) atoms. The minimum atomic E-state index is -0.497. The van der Waals surface area contributed by atoms with Crippen LogP contribution in [0, 0.1) is 0 Å². The highest BCUT2D eigenvalue weighted by molar-refractivity contribution is 14.0. The van der Waals surface area contributed by atoms with Gasteiger partial charge >= 0.3 is 6.09 Å². The molecule has 2 amide bonds. The Morgan fingerprint density at radius 1 is 1.07 bits per heavy atom. The average molecular weight is 505 g/mol. The van der Waals surface area contributed by atoms with Crippen molar-refractivity contribution in [3.8, 4) is 0 Å². The molecule has 0 atom stereocenters. The number of nitrogens with two attached hydrogens (primary N) is 1. The maximum absolute atomic E-state index is 11.6. The van der Waals surface area contributed by atoms with Crippen molar-refractivity contribution in [2.24, 2.45) is 10.7 Å². The number of primary amides is 1. The number of amides is 2. The van der Waals surface area contributed by atoms with Crippen LogP contribution in [0.5, 0.6) is 0 Å². The zero-order valence-electron chi connectivity index (χ0n) is 17.0. The predicted molar refractivity (Wildman–Crippen MR) is 122 cm³/mol. The molecule has 9 heteroatoms. The molecule has 0 aliphatic carbocycles.